The molecule has 0 aromatic carbocycles. The van der Waals surface area contributed by atoms with E-state index in [0.717, 1.165) is 12.5 Å². The van der Waals surface area contributed by atoms with Gasteiger partial charge in [-0.25, -0.2) is 4.79 Å². The Morgan fingerprint density at radius 1 is 1.21 bits per heavy atom. The summed E-state index contributed by atoms with van der Waals surface area (Å²) >= 11 is 0. The van der Waals surface area contributed by atoms with E-state index in [1.54, 1.807) is 0 Å². The second-order valence-corrected chi connectivity index (χ2v) is 9.15. The topological polar surface area (TPSA) is 63.2 Å². The summed E-state index contributed by atoms with van der Waals surface area (Å²) in [6, 6.07) is 0. The number of hydrogen-bond acceptors (Lipinski definition) is 6. The summed E-state index contributed by atoms with van der Waals surface area (Å²) in [6.07, 6.45) is 2.58. The van der Waals surface area contributed by atoms with E-state index in [-0.39, 0.29) is 0 Å². The third kappa shape index (κ3) is 8.29. The first kappa shape index (κ1) is 18.5. The summed E-state index contributed by atoms with van der Waals surface area (Å²) in [4.78, 5) is 10.8. The van der Waals surface area contributed by atoms with Crippen LogP contribution in [0.3, 0.4) is 0 Å². The molecule has 6 nitrogen and oxygen atoms in total. The predicted molar refractivity (Wildman–Crippen MR) is 76.1 cm³/mol. The van der Waals surface area contributed by atoms with E-state index >= 15 is 0 Å². The highest BCUT2D eigenvalue weighted by molar-refractivity contribution is 6.65. The predicted octanol–water partition coefficient (Wildman–Crippen LogP) is 1.24. The minimum atomic E-state index is -2.96. The maximum Gasteiger partial charge on any atom is 0.668 e. The average Bonchev–Trinajstić information content (AvgIpc) is 2.40. The lowest BCUT2D eigenvalue weighted by Gasteiger charge is -2.26. The molecule has 0 atom stereocenters. The quantitative estimate of drug-likeness (QED) is 0.248. The molecule has 0 bridgehead atoms. The molecule has 0 amide bonds. The van der Waals surface area contributed by atoms with Gasteiger partial charge in [0.2, 0.25) is 0 Å². The Labute approximate surface area is 117 Å². The van der Waals surface area contributed by atoms with Crippen molar-refractivity contribution in [2.24, 2.45) is 0 Å². The van der Waals surface area contributed by atoms with Gasteiger partial charge in [-0.3, -0.25) is 0 Å². The van der Waals surface area contributed by atoms with Gasteiger partial charge in [0.15, 0.2) is 9.04 Å². The zero-order valence-electron chi connectivity index (χ0n) is 12.1. The van der Waals surface area contributed by atoms with Gasteiger partial charge in [0, 0.05) is 26.9 Å². The maximum absolute atomic E-state index is 10.8. The van der Waals surface area contributed by atoms with Crippen LogP contribution in [-0.2, 0) is 26.9 Å². The summed E-state index contributed by atoms with van der Waals surface area (Å²) in [5, 5.41) is 0. The van der Waals surface area contributed by atoms with Crippen molar-refractivity contribution >= 4 is 24.1 Å². The Balaban J connectivity index is 3.87. The van der Waals surface area contributed by atoms with Gasteiger partial charge in [-0.05, 0) is 25.9 Å². The van der Waals surface area contributed by atoms with Crippen LogP contribution < -0.4 is 0 Å². The van der Waals surface area contributed by atoms with Gasteiger partial charge in [0.05, 0.1) is 6.61 Å². The molecule has 112 valence electrons. The molecule has 0 aliphatic carbocycles. The fraction of sp³-hybridized carbons (Fsp3) is 0.727. The van der Waals surface area contributed by atoms with Crippen molar-refractivity contribution in [3.63, 3.8) is 0 Å². The molecule has 0 aromatic heterocycles. The van der Waals surface area contributed by atoms with E-state index in [9.17, 15) is 4.79 Å². The summed E-state index contributed by atoms with van der Waals surface area (Å²) in [5.74, 6) is -0.410. The van der Waals surface area contributed by atoms with Crippen LogP contribution in [0, 0.1) is 0 Å². The van der Waals surface area contributed by atoms with Crippen LogP contribution in [0.4, 0.5) is 0 Å². The van der Waals surface area contributed by atoms with Crippen molar-refractivity contribution in [3.8, 4) is 0 Å². The van der Waals surface area contributed by atoms with Gasteiger partial charge in [0.25, 0.3) is 0 Å². The first-order chi connectivity index (χ1) is 8.99. The zero-order valence-corrected chi connectivity index (χ0v) is 14.3. The SMILES string of the molecule is C=CC(=O)OCCCCO[Si](OC)(OC)O[SiH](C)C. The van der Waals surface area contributed by atoms with Crippen LogP contribution in [0.25, 0.3) is 0 Å². The molecule has 0 aliphatic heterocycles. The summed E-state index contributed by atoms with van der Waals surface area (Å²) in [7, 11) is -1.21. The lowest BCUT2D eigenvalue weighted by molar-refractivity contribution is -0.137. The monoisotopic (exact) mass is 308 g/mol. The fourth-order valence-electron chi connectivity index (χ4n) is 1.25. The van der Waals surface area contributed by atoms with Gasteiger partial charge in [-0.2, -0.15) is 0 Å². The summed E-state index contributed by atoms with van der Waals surface area (Å²) in [6.45, 7) is 8.16. The molecule has 0 aliphatic rings. The maximum atomic E-state index is 10.8. The largest absolute Gasteiger partial charge is 0.668 e. The van der Waals surface area contributed by atoms with Crippen LogP contribution in [-0.4, -0.2) is 51.5 Å². The minimum Gasteiger partial charge on any atom is -0.463 e. The molecule has 0 saturated carbocycles. The van der Waals surface area contributed by atoms with Crippen LogP contribution in [0.2, 0.25) is 13.1 Å². The molecule has 0 spiro atoms. The first-order valence-electron chi connectivity index (χ1n) is 6.21. The Morgan fingerprint density at radius 3 is 2.26 bits per heavy atom. The Kier molecular flexibility index (Phi) is 10.0. The van der Waals surface area contributed by atoms with Crippen LogP contribution in [0.15, 0.2) is 12.7 Å². The van der Waals surface area contributed by atoms with Crippen molar-refractivity contribution in [3.05, 3.63) is 12.7 Å². The molecule has 0 N–H and O–H groups in total. The Hall–Kier alpha value is -0.516. The number of rotatable bonds is 11. The van der Waals surface area contributed by atoms with Gasteiger partial charge in [-0.1, -0.05) is 6.58 Å². The number of carbonyl (C=O) groups excluding carboxylic acids is 1. The number of ether oxygens (including phenoxy) is 1. The fourth-order valence-corrected chi connectivity index (χ4v) is 5.40. The molecule has 0 unspecified atom stereocenters. The van der Waals surface area contributed by atoms with Gasteiger partial charge in [-0.15, -0.1) is 0 Å². The number of carbonyl (C=O) groups is 1. The molecule has 0 aromatic rings. The highest BCUT2D eigenvalue weighted by Gasteiger charge is 2.43. The molecular formula is C11H24O6Si2. The van der Waals surface area contributed by atoms with Crippen molar-refractivity contribution in [1.82, 2.24) is 0 Å². The summed E-state index contributed by atoms with van der Waals surface area (Å²) < 4.78 is 26.7. The molecule has 19 heavy (non-hydrogen) atoms. The smallest absolute Gasteiger partial charge is 0.463 e. The molecular weight excluding hydrogens is 284 g/mol. The first-order valence-corrected chi connectivity index (χ1v) is 10.6. The molecule has 0 saturated heterocycles. The van der Waals surface area contributed by atoms with E-state index < -0.39 is 24.1 Å². The number of unbranched alkanes of at least 4 members (excludes halogenated alkanes) is 1. The van der Waals surface area contributed by atoms with E-state index in [0.29, 0.717) is 19.6 Å². The van der Waals surface area contributed by atoms with Crippen molar-refractivity contribution in [2.45, 2.75) is 25.9 Å². The third-order valence-corrected chi connectivity index (χ3v) is 6.71. The van der Waals surface area contributed by atoms with Crippen molar-refractivity contribution in [1.29, 1.82) is 0 Å². The average molecular weight is 308 g/mol. The van der Waals surface area contributed by atoms with Crippen molar-refractivity contribution < 1.29 is 26.9 Å². The van der Waals surface area contributed by atoms with Gasteiger partial charge < -0.3 is 22.1 Å². The standard InChI is InChI=1S/C11H24O6Si2/c1-6-11(12)15-9-7-8-10-16-19(13-2,14-3)17-18(4)5/h6,18H,1,7-10H2,2-5H3. The van der Waals surface area contributed by atoms with Crippen molar-refractivity contribution in [2.75, 3.05) is 27.4 Å². The molecule has 0 heterocycles. The Bertz CT molecular complexity index is 268. The number of esters is 1. The highest BCUT2D eigenvalue weighted by atomic mass is 28.4. The van der Waals surface area contributed by atoms with Gasteiger partial charge >= 0.3 is 15.0 Å². The molecule has 0 rings (SSSR count). The van der Waals surface area contributed by atoms with E-state index in [2.05, 4.69) is 6.58 Å². The molecule has 8 heteroatoms. The lowest BCUT2D eigenvalue weighted by Crippen LogP contribution is -2.50. The highest BCUT2D eigenvalue weighted by Crippen LogP contribution is 2.12. The Morgan fingerprint density at radius 2 is 1.79 bits per heavy atom. The number of hydrogen-bond donors (Lipinski definition) is 0. The van der Waals surface area contributed by atoms with Crippen LogP contribution >= 0.6 is 0 Å². The second kappa shape index (κ2) is 10.3. The zero-order chi connectivity index (χ0) is 14.7. The van der Waals surface area contributed by atoms with Gasteiger partial charge in [0.1, 0.15) is 0 Å². The van der Waals surface area contributed by atoms with Crippen LogP contribution in [0.1, 0.15) is 12.8 Å². The lowest BCUT2D eigenvalue weighted by atomic mass is 10.3. The minimum absolute atomic E-state index is 0.350. The van der Waals surface area contributed by atoms with Crippen LogP contribution in [0.5, 0.6) is 0 Å². The normalized spacial score (nSPS) is 11.6. The third-order valence-electron chi connectivity index (χ3n) is 2.11. The van der Waals surface area contributed by atoms with E-state index in [4.69, 9.17) is 22.1 Å². The van der Waals surface area contributed by atoms with E-state index in [1.165, 1.54) is 14.2 Å². The molecule has 0 radical (unpaired) electrons. The summed E-state index contributed by atoms with van der Waals surface area (Å²) in [5.41, 5.74) is 0. The van der Waals surface area contributed by atoms with E-state index in [1.807, 2.05) is 13.1 Å². The second-order valence-electron chi connectivity index (χ2n) is 4.00. The molecule has 0 fully saturated rings.